The van der Waals surface area contributed by atoms with Crippen LogP contribution < -0.4 is 0 Å². The number of phenols is 1. The summed E-state index contributed by atoms with van der Waals surface area (Å²) in [5.41, 5.74) is 2.86. The lowest BCUT2D eigenvalue weighted by Crippen LogP contribution is -2.44. The van der Waals surface area contributed by atoms with Crippen molar-refractivity contribution < 1.29 is 32.6 Å². The lowest BCUT2D eigenvalue weighted by molar-refractivity contribution is -0.186. The molecule has 0 saturated heterocycles. The molecule has 184 valence electrons. The first kappa shape index (κ1) is 25.4. The maximum atomic E-state index is 12.9. The highest BCUT2D eigenvalue weighted by atomic mass is 19.4. The van der Waals surface area contributed by atoms with Crippen molar-refractivity contribution in [3.63, 3.8) is 0 Å². The van der Waals surface area contributed by atoms with Crippen molar-refractivity contribution >= 4 is 11.9 Å². The highest BCUT2D eigenvalue weighted by Gasteiger charge is 2.43. The van der Waals surface area contributed by atoms with Crippen molar-refractivity contribution in [2.75, 3.05) is 6.54 Å². The molecule has 1 aromatic carbocycles. The van der Waals surface area contributed by atoms with Crippen molar-refractivity contribution in [2.45, 2.75) is 85.5 Å². The number of hydrogen-bond acceptors (Lipinski definition) is 4. The lowest BCUT2D eigenvalue weighted by atomic mass is 9.75. The lowest BCUT2D eigenvalue weighted by Gasteiger charge is -2.37. The second-order valence-corrected chi connectivity index (χ2v) is 10.0. The van der Waals surface area contributed by atoms with E-state index >= 15 is 0 Å². The number of fused-ring (bicyclic) bond motifs is 1. The molecule has 1 N–H and O–H groups in total. The number of halogens is 3. The summed E-state index contributed by atoms with van der Waals surface area (Å²) in [6, 6.07) is 0. The molecule has 3 atom stereocenters. The molecule has 0 bridgehead atoms. The molecular formula is C25H34F3NO4. The molecule has 1 heterocycles. The second-order valence-electron chi connectivity index (χ2n) is 10.0. The van der Waals surface area contributed by atoms with E-state index in [1.165, 1.54) is 0 Å². The van der Waals surface area contributed by atoms with Gasteiger partial charge < -0.3 is 14.7 Å². The molecule has 0 spiro atoms. The van der Waals surface area contributed by atoms with Crippen LogP contribution in [0.5, 0.6) is 5.75 Å². The molecule has 1 aliphatic carbocycles. The quantitative estimate of drug-likeness (QED) is 0.630. The van der Waals surface area contributed by atoms with Gasteiger partial charge >= 0.3 is 18.1 Å². The van der Waals surface area contributed by atoms with Gasteiger partial charge in [-0.05, 0) is 73.1 Å². The first-order chi connectivity index (χ1) is 15.3. The molecule has 1 saturated carbocycles. The van der Waals surface area contributed by atoms with Crippen LogP contribution in [0.15, 0.2) is 0 Å². The molecule has 0 aromatic heterocycles. The molecule has 1 fully saturated rings. The van der Waals surface area contributed by atoms with Crippen LogP contribution >= 0.6 is 0 Å². The highest BCUT2D eigenvalue weighted by Crippen LogP contribution is 2.38. The molecule has 33 heavy (non-hydrogen) atoms. The van der Waals surface area contributed by atoms with Gasteiger partial charge in [0, 0.05) is 18.7 Å². The van der Waals surface area contributed by atoms with Gasteiger partial charge in [-0.2, -0.15) is 13.2 Å². The number of carbonyl (C=O) groups excluding carboxylic acids is 2. The van der Waals surface area contributed by atoms with Gasteiger partial charge in [0.25, 0.3) is 0 Å². The molecule has 0 unspecified atom stereocenters. The van der Waals surface area contributed by atoms with Crippen molar-refractivity contribution in [3.8, 4) is 5.75 Å². The molecule has 2 aliphatic rings. The Morgan fingerprint density at radius 3 is 2.42 bits per heavy atom. The fourth-order valence-electron chi connectivity index (χ4n) is 5.42. The Morgan fingerprint density at radius 2 is 1.82 bits per heavy atom. The smallest absolute Gasteiger partial charge is 0.471 e. The largest absolute Gasteiger partial charge is 0.507 e. The van der Waals surface area contributed by atoms with Gasteiger partial charge in [-0.1, -0.05) is 27.2 Å². The van der Waals surface area contributed by atoms with Gasteiger partial charge in [0.05, 0.1) is 6.42 Å². The molecule has 1 amide bonds. The number of carbonyl (C=O) groups is 2. The van der Waals surface area contributed by atoms with E-state index in [4.69, 9.17) is 4.74 Å². The highest BCUT2D eigenvalue weighted by molar-refractivity contribution is 5.82. The van der Waals surface area contributed by atoms with E-state index in [0.29, 0.717) is 40.0 Å². The fourth-order valence-corrected chi connectivity index (χ4v) is 5.42. The maximum Gasteiger partial charge on any atom is 0.471 e. The second kappa shape index (κ2) is 9.55. The number of nitrogens with zero attached hydrogens (tertiary/aromatic N) is 1. The minimum absolute atomic E-state index is 0.0592. The van der Waals surface area contributed by atoms with Crippen LogP contribution in [0.1, 0.15) is 67.9 Å². The SMILES string of the molecule is Cc1c(O)c(CC(=O)O[C@@H]2C[C@H](C)CC[C@H]2C(C)C)c(C)c2c1CN(C(=O)C(F)(F)F)CC2. The van der Waals surface area contributed by atoms with Gasteiger partial charge in [-0.15, -0.1) is 0 Å². The molecule has 1 aliphatic heterocycles. The average molecular weight is 470 g/mol. The summed E-state index contributed by atoms with van der Waals surface area (Å²) in [6.07, 6.45) is -1.97. The Balaban J connectivity index is 1.81. The topological polar surface area (TPSA) is 66.8 Å². The van der Waals surface area contributed by atoms with Gasteiger partial charge in [0.2, 0.25) is 0 Å². The Kier molecular flexibility index (Phi) is 7.34. The van der Waals surface area contributed by atoms with Crippen LogP contribution in [0.2, 0.25) is 0 Å². The van der Waals surface area contributed by atoms with Crippen LogP contribution in [-0.4, -0.2) is 40.7 Å². The average Bonchev–Trinajstić information content (AvgIpc) is 2.73. The first-order valence-electron chi connectivity index (χ1n) is 11.7. The summed E-state index contributed by atoms with van der Waals surface area (Å²) in [5, 5.41) is 10.8. The molecular weight excluding hydrogens is 435 g/mol. The number of aromatic hydroxyl groups is 1. The van der Waals surface area contributed by atoms with Gasteiger partial charge in [0.1, 0.15) is 11.9 Å². The van der Waals surface area contributed by atoms with E-state index in [1.54, 1.807) is 13.8 Å². The Morgan fingerprint density at radius 1 is 1.15 bits per heavy atom. The summed E-state index contributed by atoms with van der Waals surface area (Å²) < 4.78 is 44.5. The summed E-state index contributed by atoms with van der Waals surface area (Å²) in [7, 11) is 0. The van der Waals surface area contributed by atoms with E-state index in [1.807, 2.05) is 0 Å². The zero-order valence-electron chi connectivity index (χ0n) is 20.0. The predicted molar refractivity (Wildman–Crippen MR) is 118 cm³/mol. The van der Waals surface area contributed by atoms with E-state index in [-0.39, 0.29) is 37.8 Å². The van der Waals surface area contributed by atoms with Crippen molar-refractivity contribution in [2.24, 2.45) is 17.8 Å². The van der Waals surface area contributed by atoms with Crippen molar-refractivity contribution in [1.82, 2.24) is 4.90 Å². The van der Waals surface area contributed by atoms with Crippen LogP contribution in [0, 0.1) is 31.6 Å². The first-order valence-corrected chi connectivity index (χ1v) is 11.7. The normalized spacial score (nSPS) is 23.4. The van der Waals surface area contributed by atoms with Crippen LogP contribution in [0.3, 0.4) is 0 Å². The zero-order valence-corrected chi connectivity index (χ0v) is 20.0. The summed E-state index contributed by atoms with van der Waals surface area (Å²) in [4.78, 5) is 25.3. The Hall–Kier alpha value is -2.25. The molecule has 0 radical (unpaired) electrons. The van der Waals surface area contributed by atoms with Crippen LogP contribution in [0.25, 0.3) is 0 Å². The third-order valence-corrected chi connectivity index (χ3v) is 7.44. The minimum Gasteiger partial charge on any atom is -0.507 e. The molecule has 1 aromatic rings. The number of hydrogen-bond donors (Lipinski definition) is 1. The number of esters is 1. The van der Waals surface area contributed by atoms with Gasteiger partial charge in [0.15, 0.2) is 0 Å². The summed E-state index contributed by atoms with van der Waals surface area (Å²) >= 11 is 0. The number of rotatable bonds is 4. The number of benzene rings is 1. The van der Waals surface area contributed by atoms with E-state index in [9.17, 15) is 27.9 Å². The summed E-state index contributed by atoms with van der Waals surface area (Å²) in [6.45, 7) is 9.54. The van der Waals surface area contributed by atoms with Crippen LogP contribution in [-0.2, 0) is 33.7 Å². The molecule has 5 nitrogen and oxygen atoms in total. The Bertz CT molecular complexity index is 925. The maximum absolute atomic E-state index is 12.9. The Labute approximate surface area is 193 Å². The van der Waals surface area contributed by atoms with Crippen molar-refractivity contribution in [3.05, 3.63) is 27.8 Å². The number of ether oxygens (including phenoxy) is 1. The third-order valence-electron chi connectivity index (χ3n) is 7.44. The van der Waals surface area contributed by atoms with Crippen molar-refractivity contribution in [1.29, 1.82) is 0 Å². The number of amides is 1. The van der Waals surface area contributed by atoms with E-state index < -0.39 is 18.1 Å². The fraction of sp³-hybridized carbons (Fsp3) is 0.680. The monoisotopic (exact) mass is 469 g/mol. The van der Waals surface area contributed by atoms with Crippen LogP contribution in [0.4, 0.5) is 13.2 Å². The standard InChI is InChI=1S/C25H34F3NO4/c1-13(2)17-7-6-14(3)10-21(17)33-22(30)11-19-15(4)18-8-9-29(24(32)25(26,27)28)12-20(18)16(5)23(19)31/h13-14,17,21,31H,6-12H2,1-5H3/t14-,17+,21-/m1/s1. The number of phenolic OH excluding ortho intramolecular Hbond substituents is 1. The van der Waals surface area contributed by atoms with Gasteiger partial charge in [-0.25, -0.2) is 0 Å². The third kappa shape index (κ3) is 5.30. The van der Waals surface area contributed by atoms with E-state index in [0.717, 1.165) is 29.7 Å². The minimum atomic E-state index is -4.93. The van der Waals surface area contributed by atoms with E-state index in [2.05, 4.69) is 20.8 Å². The zero-order chi connectivity index (χ0) is 24.7. The molecule has 3 rings (SSSR count). The number of alkyl halides is 3. The summed E-state index contributed by atoms with van der Waals surface area (Å²) in [5.74, 6) is -1.19. The predicted octanol–water partition coefficient (Wildman–Crippen LogP) is 5.00. The molecule has 8 heteroatoms. The van der Waals surface area contributed by atoms with Gasteiger partial charge in [-0.3, -0.25) is 9.59 Å².